The fraction of sp³-hybridized carbons (Fsp3) is 0.692. The van der Waals surface area contributed by atoms with E-state index in [0.717, 1.165) is 0 Å². The lowest BCUT2D eigenvalue weighted by molar-refractivity contribution is -0.154. The molecular formula is C13H21NO4. The van der Waals surface area contributed by atoms with Gasteiger partial charge in [-0.1, -0.05) is 5.92 Å². The first-order valence-electron chi connectivity index (χ1n) is 5.64. The first-order chi connectivity index (χ1) is 7.91. The first-order valence-corrected chi connectivity index (χ1v) is 5.64. The van der Waals surface area contributed by atoms with E-state index < -0.39 is 29.2 Å². The van der Waals surface area contributed by atoms with E-state index in [1.165, 1.54) is 0 Å². The number of carbonyl (C=O) groups is 2. The Balaban J connectivity index is 4.45. The van der Waals surface area contributed by atoms with Crippen molar-refractivity contribution < 1.29 is 19.1 Å². The van der Waals surface area contributed by atoms with Gasteiger partial charge in [-0.25, -0.2) is 9.59 Å². The molecule has 0 bridgehead atoms. The van der Waals surface area contributed by atoms with Gasteiger partial charge in [-0.3, -0.25) is 0 Å². The van der Waals surface area contributed by atoms with Crippen molar-refractivity contribution in [2.24, 2.45) is 5.73 Å². The lowest BCUT2D eigenvalue weighted by Gasteiger charge is -2.20. The van der Waals surface area contributed by atoms with Crippen LogP contribution in [0, 0.1) is 11.8 Å². The molecule has 0 aromatic carbocycles. The summed E-state index contributed by atoms with van der Waals surface area (Å²) in [5, 5.41) is 0. The molecule has 5 heteroatoms. The zero-order chi connectivity index (χ0) is 14.6. The summed E-state index contributed by atoms with van der Waals surface area (Å²) in [6.45, 7) is 10.3. The smallest absolute Gasteiger partial charge is 0.384 e. The van der Waals surface area contributed by atoms with Crippen LogP contribution in [-0.4, -0.2) is 29.2 Å². The summed E-state index contributed by atoms with van der Waals surface area (Å²) in [6.07, 6.45) is 0. The molecule has 102 valence electrons. The molecule has 5 nitrogen and oxygen atoms in total. The second kappa shape index (κ2) is 5.87. The largest absolute Gasteiger partial charge is 0.458 e. The van der Waals surface area contributed by atoms with Crippen LogP contribution in [0.2, 0.25) is 0 Å². The Kier molecular flexibility index (Phi) is 5.37. The maximum Gasteiger partial charge on any atom is 0.384 e. The maximum atomic E-state index is 11.5. The molecule has 0 rings (SSSR count). The van der Waals surface area contributed by atoms with E-state index >= 15 is 0 Å². The molecule has 0 aliphatic carbocycles. The third-order valence-corrected chi connectivity index (χ3v) is 1.39. The molecule has 1 unspecified atom stereocenters. The van der Waals surface area contributed by atoms with Gasteiger partial charge in [-0.2, -0.15) is 0 Å². The standard InChI is InChI=1S/C13H21NO4/c1-12(2,3)17-10(15)8-7-9(14)11(16)18-13(4,5)6/h9H,14H2,1-6H3. The van der Waals surface area contributed by atoms with Gasteiger partial charge in [-0.15, -0.1) is 0 Å². The monoisotopic (exact) mass is 255 g/mol. The van der Waals surface area contributed by atoms with Gasteiger partial charge >= 0.3 is 11.9 Å². The van der Waals surface area contributed by atoms with E-state index in [4.69, 9.17) is 15.2 Å². The fourth-order valence-corrected chi connectivity index (χ4v) is 0.864. The summed E-state index contributed by atoms with van der Waals surface area (Å²) in [5.41, 5.74) is 4.22. The second-order valence-electron chi connectivity index (χ2n) is 5.78. The number of esters is 2. The van der Waals surface area contributed by atoms with E-state index in [-0.39, 0.29) is 0 Å². The zero-order valence-electron chi connectivity index (χ0n) is 11.8. The minimum atomic E-state index is -1.16. The third-order valence-electron chi connectivity index (χ3n) is 1.39. The number of nitrogens with two attached hydrogens (primary N) is 1. The molecule has 0 radical (unpaired) electrons. The Labute approximate surface area is 108 Å². The third kappa shape index (κ3) is 8.59. The first kappa shape index (κ1) is 16.5. The topological polar surface area (TPSA) is 78.6 Å². The molecule has 0 amide bonds. The molecule has 0 aliphatic rings. The molecule has 0 aromatic heterocycles. The van der Waals surface area contributed by atoms with Crippen LogP contribution in [0.25, 0.3) is 0 Å². The van der Waals surface area contributed by atoms with Crippen molar-refractivity contribution in [3.63, 3.8) is 0 Å². The molecule has 0 saturated carbocycles. The van der Waals surface area contributed by atoms with Gasteiger partial charge in [0.1, 0.15) is 11.2 Å². The minimum absolute atomic E-state index is 0.623. The highest BCUT2D eigenvalue weighted by Gasteiger charge is 2.21. The van der Waals surface area contributed by atoms with Gasteiger partial charge in [-0.05, 0) is 41.5 Å². The quantitative estimate of drug-likeness (QED) is 0.429. The van der Waals surface area contributed by atoms with Crippen molar-refractivity contribution in [1.29, 1.82) is 0 Å². The maximum absolute atomic E-state index is 11.5. The van der Waals surface area contributed by atoms with E-state index in [0.29, 0.717) is 0 Å². The zero-order valence-corrected chi connectivity index (χ0v) is 11.8. The number of ether oxygens (including phenoxy) is 2. The predicted molar refractivity (Wildman–Crippen MR) is 67.4 cm³/mol. The number of hydrogen-bond donors (Lipinski definition) is 1. The van der Waals surface area contributed by atoms with Crippen LogP contribution in [0.4, 0.5) is 0 Å². The van der Waals surface area contributed by atoms with Crippen LogP contribution >= 0.6 is 0 Å². The normalized spacial score (nSPS) is 13.1. The van der Waals surface area contributed by atoms with Crippen LogP contribution < -0.4 is 5.73 Å². The summed E-state index contributed by atoms with van der Waals surface area (Å²) >= 11 is 0. The highest BCUT2D eigenvalue weighted by molar-refractivity contribution is 5.90. The Morgan fingerprint density at radius 1 is 1.00 bits per heavy atom. The van der Waals surface area contributed by atoms with Crippen LogP contribution in [0.3, 0.4) is 0 Å². The van der Waals surface area contributed by atoms with Crippen molar-refractivity contribution >= 4 is 11.9 Å². The van der Waals surface area contributed by atoms with Crippen molar-refractivity contribution in [3.8, 4) is 11.8 Å². The predicted octanol–water partition coefficient (Wildman–Crippen LogP) is 1.00. The Morgan fingerprint density at radius 2 is 1.44 bits per heavy atom. The van der Waals surface area contributed by atoms with Crippen molar-refractivity contribution in [2.45, 2.75) is 58.8 Å². The van der Waals surface area contributed by atoms with E-state index in [1.807, 2.05) is 0 Å². The SMILES string of the molecule is CC(C)(C)OC(=O)C#CC(N)C(=O)OC(C)(C)C. The van der Waals surface area contributed by atoms with Gasteiger partial charge in [0.2, 0.25) is 0 Å². The molecule has 1 atom stereocenters. The van der Waals surface area contributed by atoms with Crippen molar-refractivity contribution in [1.82, 2.24) is 0 Å². The van der Waals surface area contributed by atoms with Gasteiger partial charge in [0.05, 0.1) is 0 Å². The lowest BCUT2D eigenvalue weighted by Crippen LogP contribution is -2.36. The average Bonchev–Trinajstić information content (AvgIpc) is 2.08. The number of rotatable bonds is 1. The van der Waals surface area contributed by atoms with E-state index in [2.05, 4.69) is 11.8 Å². The molecule has 0 aliphatic heterocycles. The number of hydrogen-bond acceptors (Lipinski definition) is 5. The molecule has 0 spiro atoms. The Hall–Kier alpha value is -1.54. The molecule has 2 N–H and O–H groups in total. The van der Waals surface area contributed by atoms with Crippen LogP contribution in [0.5, 0.6) is 0 Å². The summed E-state index contributed by atoms with van der Waals surface area (Å²) in [7, 11) is 0. The van der Waals surface area contributed by atoms with Gasteiger partial charge in [0.15, 0.2) is 6.04 Å². The molecular weight excluding hydrogens is 234 g/mol. The van der Waals surface area contributed by atoms with E-state index in [9.17, 15) is 9.59 Å². The summed E-state index contributed by atoms with van der Waals surface area (Å²) in [5.74, 6) is 3.09. The highest BCUT2D eigenvalue weighted by atomic mass is 16.6. The molecule has 0 fully saturated rings. The summed E-state index contributed by atoms with van der Waals surface area (Å²) in [4.78, 5) is 22.7. The van der Waals surface area contributed by atoms with Gasteiger partial charge in [0, 0.05) is 5.92 Å². The van der Waals surface area contributed by atoms with Crippen LogP contribution in [-0.2, 0) is 19.1 Å². The lowest BCUT2D eigenvalue weighted by atomic mass is 10.2. The van der Waals surface area contributed by atoms with E-state index in [1.54, 1.807) is 41.5 Å². The summed E-state index contributed by atoms with van der Waals surface area (Å²) in [6, 6.07) is -1.16. The highest BCUT2D eigenvalue weighted by Crippen LogP contribution is 2.08. The second-order valence-corrected chi connectivity index (χ2v) is 5.78. The molecule has 0 heterocycles. The molecule has 0 aromatic rings. The Bertz CT molecular complexity index is 377. The number of carbonyl (C=O) groups excluding carboxylic acids is 2. The fourth-order valence-electron chi connectivity index (χ4n) is 0.864. The molecule has 0 saturated heterocycles. The van der Waals surface area contributed by atoms with Crippen LogP contribution in [0.15, 0.2) is 0 Å². The van der Waals surface area contributed by atoms with Gasteiger partial charge < -0.3 is 15.2 Å². The minimum Gasteiger partial charge on any atom is -0.458 e. The van der Waals surface area contributed by atoms with Crippen LogP contribution in [0.1, 0.15) is 41.5 Å². The molecule has 18 heavy (non-hydrogen) atoms. The Morgan fingerprint density at radius 3 is 1.83 bits per heavy atom. The van der Waals surface area contributed by atoms with Crippen molar-refractivity contribution in [2.75, 3.05) is 0 Å². The average molecular weight is 255 g/mol. The summed E-state index contributed by atoms with van der Waals surface area (Å²) < 4.78 is 9.96. The van der Waals surface area contributed by atoms with Gasteiger partial charge in [0.25, 0.3) is 0 Å². The van der Waals surface area contributed by atoms with Crippen molar-refractivity contribution in [3.05, 3.63) is 0 Å².